The quantitative estimate of drug-likeness (QED) is 0.880. The lowest BCUT2D eigenvalue weighted by Gasteiger charge is -2.09. The second-order valence-electron chi connectivity index (χ2n) is 5.44. The molecule has 2 heterocycles. The van der Waals surface area contributed by atoms with Gasteiger partial charge in [-0.1, -0.05) is 26.0 Å². The Balaban J connectivity index is 0.00000120. The van der Waals surface area contributed by atoms with E-state index in [0.29, 0.717) is 5.92 Å². The van der Waals surface area contributed by atoms with Gasteiger partial charge in [0, 0.05) is 30.2 Å². The molecule has 0 bridgehead atoms. The van der Waals surface area contributed by atoms with E-state index >= 15 is 0 Å². The summed E-state index contributed by atoms with van der Waals surface area (Å²) in [7, 11) is 0. The molecule has 1 aromatic carbocycles. The fraction of sp³-hybridized carbons (Fsp3) is 0.467. The lowest BCUT2D eigenvalue weighted by molar-refractivity contribution is 0.534. The van der Waals surface area contributed by atoms with E-state index in [9.17, 15) is 0 Å². The highest BCUT2D eigenvalue weighted by atomic mass is 35.5. The van der Waals surface area contributed by atoms with Gasteiger partial charge in [-0.3, -0.25) is 0 Å². The van der Waals surface area contributed by atoms with Crippen LogP contribution >= 0.6 is 12.4 Å². The third-order valence-corrected chi connectivity index (χ3v) is 3.52. The molecule has 1 aromatic heterocycles. The van der Waals surface area contributed by atoms with Gasteiger partial charge in [0.1, 0.15) is 0 Å². The van der Waals surface area contributed by atoms with E-state index < -0.39 is 0 Å². The largest absolute Gasteiger partial charge is 0.347 e. The summed E-state index contributed by atoms with van der Waals surface area (Å²) in [5.41, 5.74) is 4.38. The molecule has 98 valence electrons. The molecule has 0 amide bonds. The Morgan fingerprint density at radius 3 is 2.89 bits per heavy atom. The summed E-state index contributed by atoms with van der Waals surface area (Å²) >= 11 is 0. The SMILES string of the molecule is CC(C)Cn1cc2c3c(cccc31)CNCC2.Cl. The number of nitrogens with one attached hydrogen (secondary N) is 1. The van der Waals surface area contributed by atoms with Crippen LogP contribution in [0.15, 0.2) is 24.4 Å². The lowest BCUT2D eigenvalue weighted by Crippen LogP contribution is -2.14. The van der Waals surface area contributed by atoms with E-state index in [1.807, 2.05) is 0 Å². The monoisotopic (exact) mass is 264 g/mol. The Hall–Kier alpha value is -0.990. The molecule has 2 nitrogen and oxygen atoms in total. The van der Waals surface area contributed by atoms with Crippen molar-refractivity contribution in [2.45, 2.75) is 33.4 Å². The maximum absolute atomic E-state index is 3.49. The summed E-state index contributed by atoms with van der Waals surface area (Å²) in [6.45, 7) is 7.78. The molecular formula is C15H21ClN2. The van der Waals surface area contributed by atoms with E-state index in [-0.39, 0.29) is 12.4 Å². The number of aromatic nitrogens is 1. The fourth-order valence-corrected chi connectivity index (χ4v) is 2.85. The van der Waals surface area contributed by atoms with E-state index in [4.69, 9.17) is 0 Å². The van der Waals surface area contributed by atoms with Crippen molar-refractivity contribution in [2.75, 3.05) is 6.54 Å². The predicted octanol–water partition coefficient (Wildman–Crippen LogP) is 3.36. The van der Waals surface area contributed by atoms with Crippen molar-refractivity contribution in [3.8, 4) is 0 Å². The van der Waals surface area contributed by atoms with E-state index in [0.717, 1.165) is 26.1 Å². The Morgan fingerprint density at radius 1 is 1.28 bits per heavy atom. The standard InChI is InChI=1S/C15H20N2.ClH/c1-11(2)9-17-10-13-6-7-16-8-12-4-3-5-14(17)15(12)13;/h3-5,10-11,16H,6-9H2,1-2H3;1H. The number of nitrogens with zero attached hydrogens (tertiary/aromatic N) is 1. The van der Waals surface area contributed by atoms with Crippen LogP contribution in [0.5, 0.6) is 0 Å². The average molecular weight is 265 g/mol. The van der Waals surface area contributed by atoms with Gasteiger partial charge in [0.05, 0.1) is 0 Å². The Morgan fingerprint density at radius 2 is 2.11 bits per heavy atom. The first-order chi connectivity index (χ1) is 8.25. The molecule has 0 atom stereocenters. The molecule has 0 aliphatic carbocycles. The number of rotatable bonds is 2. The van der Waals surface area contributed by atoms with Gasteiger partial charge in [-0.15, -0.1) is 12.4 Å². The van der Waals surface area contributed by atoms with Crippen LogP contribution in [-0.2, 0) is 19.5 Å². The highest BCUT2D eigenvalue weighted by Gasteiger charge is 2.14. The van der Waals surface area contributed by atoms with Crippen molar-refractivity contribution in [3.05, 3.63) is 35.5 Å². The first-order valence-electron chi connectivity index (χ1n) is 6.56. The molecule has 0 saturated carbocycles. The second kappa shape index (κ2) is 5.33. The van der Waals surface area contributed by atoms with E-state index in [1.165, 1.54) is 22.0 Å². The molecule has 0 saturated heterocycles. The summed E-state index contributed by atoms with van der Waals surface area (Å²) < 4.78 is 2.43. The molecule has 1 aliphatic heterocycles. The minimum Gasteiger partial charge on any atom is -0.347 e. The normalized spacial score (nSPS) is 14.6. The van der Waals surface area contributed by atoms with Gasteiger partial charge in [0.15, 0.2) is 0 Å². The second-order valence-corrected chi connectivity index (χ2v) is 5.44. The van der Waals surface area contributed by atoms with Crippen molar-refractivity contribution in [2.24, 2.45) is 5.92 Å². The van der Waals surface area contributed by atoms with Crippen molar-refractivity contribution in [3.63, 3.8) is 0 Å². The highest BCUT2D eigenvalue weighted by Crippen LogP contribution is 2.27. The van der Waals surface area contributed by atoms with Gasteiger partial charge in [0.2, 0.25) is 0 Å². The van der Waals surface area contributed by atoms with Crippen molar-refractivity contribution >= 4 is 23.3 Å². The summed E-state index contributed by atoms with van der Waals surface area (Å²) in [6, 6.07) is 6.70. The van der Waals surface area contributed by atoms with Crippen molar-refractivity contribution in [1.29, 1.82) is 0 Å². The van der Waals surface area contributed by atoms with Gasteiger partial charge in [0.25, 0.3) is 0 Å². The zero-order chi connectivity index (χ0) is 11.8. The van der Waals surface area contributed by atoms with Crippen LogP contribution < -0.4 is 5.32 Å². The third kappa shape index (κ3) is 2.27. The number of hydrogen-bond donors (Lipinski definition) is 1. The lowest BCUT2D eigenvalue weighted by atomic mass is 10.1. The Labute approximate surface area is 115 Å². The van der Waals surface area contributed by atoms with Crippen LogP contribution in [0.4, 0.5) is 0 Å². The van der Waals surface area contributed by atoms with Crippen LogP contribution in [0.2, 0.25) is 0 Å². The molecule has 1 N–H and O–H groups in total. The van der Waals surface area contributed by atoms with Crippen LogP contribution in [0.25, 0.3) is 10.9 Å². The van der Waals surface area contributed by atoms with Gasteiger partial charge in [-0.25, -0.2) is 0 Å². The molecule has 3 heteroatoms. The minimum atomic E-state index is 0. The molecular weight excluding hydrogens is 244 g/mol. The molecule has 1 aliphatic rings. The van der Waals surface area contributed by atoms with Crippen LogP contribution in [0.3, 0.4) is 0 Å². The first kappa shape index (κ1) is 13.4. The Bertz CT molecular complexity index is 543. The predicted molar refractivity (Wildman–Crippen MR) is 79.4 cm³/mol. The first-order valence-corrected chi connectivity index (χ1v) is 6.56. The van der Waals surface area contributed by atoms with Gasteiger partial charge in [-0.05, 0) is 36.1 Å². The van der Waals surface area contributed by atoms with Crippen LogP contribution in [0.1, 0.15) is 25.0 Å². The molecule has 0 radical (unpaired) electrons. The maximum Gasteiger partial charge on any atom is 0.0486 e. The Kier molecular flexibility index (Phi) is 3.98. The van der Waals surface area contributed by atoms with Crippen molar-refractivity contribution < 1.29 is 0 Å². The smallest absolute Gasteiger partial charge is 0.0486 e. The molecule has 18 heavy (non-hydrogen) atoms. The zero-order valence-corrected chi connectivity index (χ0v) is 11.9. The average Bonchev–Trinajstić information content (AvgIpc) is 2.51. The van der Waals surface area contributed by atoms with E-state index in [2.05, 4.69) is 48.1 Å². The summed E-state index contributed by atoms with van der Waals surface area (Å²) in [5, 5.41) is 4.99. The number of benzene rings is 1. The molecule has 0 spiro atoms. The minimum absolute atomic E-state index is 0. The summed E-state index contributed by atoms with van der Waals surface area (Å²) in [4.78, 5) is 0. The zero-order valence-electron chi connectivity index (χ0n) is 11.1. The fourth-order valence-electron chi connectivity index (χ4n) is 2.85. The van der Waals surface area contributed by atoms with Crippen LogP contribution in [-0.4, -0.2) is 11.1 Å². The van der Waals surface area contributed by atoms with Gasteiger partial charge in [-0.2, -0.15) is 0 Å². The summed E-state index contributed by atoms with van der Waals surface area (Å²) in [6.07, 6.45) is 3.51. The van der Waals surface area contributed by atoms with E-state index in [1.54, 1.807) is 0 Å². The maximum atomic E-state index is 3.49. The van der Waals surface area contributed by atoms with Crippen LogP contribution in [0, 0.1) is 5.92 Å². The molecule has 2 aromatic rings. The van der Waals surface area contributed by atoms with Gasteiger partial charge < -0.3 is 9.88 Å². The van der Waals surface area contributed by atoms with Crippen molar-refractivity contribution in [1.82, 2.24) is 9.88 Å². The topological polar surface area (TPSA) is 17.0 Å². The van der Waals surface area contributed by atoms with Gasteiger partial charge >= 0.3 is 0 Å². The molecule has 3 rings (SSSR count). The highest BCUT2D eigenvalue weighted by molar-refractivity contribution is 5.87. The molecule has 0 fully saturated rings. The summed E-state index contributed by atoms with van der Waals surface area (Å²) in [5.74, 6) is 0.697. The third-order valence-electron chi connectivity index (χ3n) is 3.52. The number of halogens is 1. The molecule has 0 unspecified atom stereocenters. The number of hydrogen-bond acceptors (Lipinski definition) is 1.